The van der Waals surface area contributed by atoms with Crippen LogP contribution in [-0.2, 0) is 16.1 Å². The van der Waals surface area contributed by atoms with Crippen molar-refractivity contribution in [2.75, 3.05) is 36.5 Å². The lowest BCUT2D eigenvalue weighted by atomic mass is 10.1. The van der Waals surface area contributed by atoms with Crippen LogP contribution in [0, 0.1) is 12.8 Å². The molecule has 144 valence electrons. The molecule has 0 bridgehead atoms. The molecule has 2 N–H and O–H groups in total. The number of nitrogens with zero attached hydrogens (tertiary/aromatic N) is 1. The number of hydrogen-bond donors (Lipinski definition) is 2. The van der Waals surface area contributed by atoms with E-state index in [4.69, 9.17) is 0 Å². The Hall–Kier alpha value is -1.53. The van der Waals surface area contributed by atoms with Gasteiger partial charge in [-0.3, -0.25) is 14.5 Å². The van der Waals surface area contributed by atoms with Crippen molar-refractivity contribution in [3.05, 3.63) is 29.3 Å². The van der Waals surface area contributed by atoms with Crippen molar-refractivity contribution in [2.45, 2.75) is 40.2 Å². The predicted octanol–water partition coefficient (Wildman–Crippen LogP) is 3.03. The molecule has 0 atom stereocenters. The Labute approximate surface area is 161 Å². The maximum absolute atomic E-state index is 12.1. The van der Waals surface area contributed by atoms with E-state index in [1.165, 1.54) is 17.1 Å². The third-order valence-electron chi connectivity index (χ3n) is 4.47. The molecule has 1 fully saturated rings. The molecule has 0 aromatic heterocycles. The molecule has 1 saturated heterocycles. The number of hydrogen-bond acceptors (Lipinski definition) is 4. The van der Waals surface area contributed by atoms with Gasteiger partial charge in [-0.25, -0.2) is 0 Å². The van der Waals surface area contributed by atoms with Gasteiger partial charge in [-0.1, -0.05) is 26.0 Å². The summed E-state index contributed by atoms with van der Waals surface area (Å²) >= 11 is 2.01. The topological polar surface area (TPSA) is 61.4 Å². The Morgan fingerprint density at radius 3 is 2.58 bits per heavy atom. The minimum atomic E-state index is -0.188. The van der Waals surface area contributed by atoms with Gasteiger partial charge in [-0.2, -0.15) is 11.8 Å². The highest BCUT2D eigenvalue weighted by molar-refractivity contribution is 7.99. The Bertz CT molecular complexity index is 613. The Morgan fingerprint density at radius 1 is 1.19 bits per heavy atom. The first kappa shape index (κ1) is 20.8. The van der Waals surface area contributed by atoms with Crippen molar-refractivity contribution in [1.82, 2.24) is 10.2 Å². The fraction of sp³-hybridized carbons (Fsp3) is 0.600. The number of benzene rings is 1. The molecule has 26 heavy (non-hydrogen) atoms. The van der Waals surface area contributed by atoms with Crippen LogP contribution in [0.15, 0.2) is 18.2 Å². The van der Waals surface area contributed by atoms with E-state index in [1.807, 2.05) is 24.8 Å². The van der Waals surface area contributed by atoms with Crippen LogP contribution in [0.25, 0.3) is 0 Å². The van der Waals surface area contributed by atoms with E-state index in [0.717, 1.165) is 37.3 Å². The molecular formula is C20H31N3O2S. The van der Waals surface area contributed by atoms with Crippen LogP contribution in [0.4, 0.5) is 5.69 Å². The fourth-order valence-electron chi connectivity index (χ4n) is 2.86. The van der Waals surface area contributed by atoms with E-state index in [0.29, 0.717) is 12.3 Å². The minimum Gasteiger partial charge on any atom is -0.347 e. The third kappa shape index (κ3) is 7.38. The summed E-state index contributed by atoms with van der Waals surface area (Å²) in [5.41, 5.74) is 3.13. The number of carbonyl (C=O) groups is 2. The van der Waals surface area contributed by atoms with E-state index in [9.17, 15) is 9.59 Å². The zero-order valence-corrected chi connectivity index (χ0v) is 17.0. The summed E-state index contributed by atoms with van der Waals surface area (Å²) < 4.78 is 0. The van der Waals surface area contributed by atoms with Crippen molar-refractivity contribution in [2.24, 2.45) is 5.92 Å². The highest BCUT2D eigenvalue weighted by Gasteiger charge is 2.12. The summed E-state index contributed by atoms with van der Waals surface area (Å²) in [5.74, 6) is 2.64. The molecule has 0 saturated carbocycles. The first-order chi connectivity index (χ1) is 12.4. The summed E-state index contributed by atoms with van der Waals surface area (Å²) in [7, 11) is 0. The van der Waals surface area contributed by atoms with Crippen LogP contribution >= 0.6 is 11.8 Å². The summed E-state index contributed by atoms with van der Waals surface area (Å²) in [6, 6.07) is 6.17. The number of carbonyl (C=O) groups excluding carboxylic acids is 2. The molecule has 1 aliphatic heterocycles. The smallest absolute Gasteiger partial charge is 0.243 e. The van der Waals surface area contributed by atoms with Crippen LogP contribution in [0.2, 0.25) is 0 Å². The molecule has 2 amide bonds. The lowest BCUT2D eigenvalue weighted by Crippen LogP contribution is -2.33. The second-order valence-corrected chi connectivity index (χ2v) is 8.52. The van der Waals surface area contributed by atoms with Gasteiger partial charge in [0.25, 0.3) is 0 Å². The molecule has 0 aliphatic carbocycles. The van der Waals surface area contributed by atoms with Gasteiger partial charge in [0.1, 0.15) is 0 Å². The van der Waals surface area contributed by atoms with Gasteiger partial charge in [-0.05, 0) is 36.5 Å². The lowest BCUT2D eigenvalue weighted by Gasteiger charge is -2.26. The number of aryl methyl sites for hydroxylation is 1. The quantitative estimate of drug-likeness (QED) is 0.731. The Morgan fingerprint density at radius 2 is 1.92 bits per heavy atom. The molecule has 1 aliphatic rings. The Balaban J connectivity index is 1.79. The molecule has 1 aromatic carbocycles. The van der Waals surface area contributed by atoms with Gasteiger partial charge in [0.15, 0.2) is 0 Å². The van der Waals surface area contributed by atoms with Crippen molar-refractivity contribution >= 4 is 29.3 Å². The van der Waals surface area contributed by atoms with Crippen molar-refractivity contribution in [3.63, 3.8) is 0 Å². The molecule has 0 radical (unpaired) electrons. The molecule has 2 rings (SSSR count). The molecule has 5 nitrogen and oxygen atoms in total. The standard InChI is InChI=1S/C20H31N3O2S/c1-15(2)4-7-19(24)21-13-20(25)22-18-6-5-17(12-16(18)3)14-23-8-10-26-11-9-23/h5-6,12,15H,4,7-11,13-14H2,1-3H3,(H,21,24)(H,22,25). The monoisotopic (exact) mass is 377 g/mol. The predicted molar refractivity (Wildman–Crippen MR) is 109 cm³/mol. The molecule has 1 heterocycles. The van der Waals surface area contributed by atoms with Crippen molar-refractivity contribution in [1.29, 1.82) is 0 Å². The van der Waals surface area contributed by atoms with Gasteiger partial charge in [0.2, 0.25) is 11.8 Å². The maximum Gasteiger partial charge on any atom is 0.243 e. The van der Waals surface area contributed by atoms with Crippen LogP contribution < -0.4 is 10.6 Å². The van der Waals surface area contributed by atoms with Crippen LogP contribution in [0.3, 0.4) is 0 Å². The minimum absolute atomic E-state index is 0.0174. The van der Waals surface area contributed by atoms with E-state index in [1.54, 1.807) is 0 Å². The molecule has 6 heteroatoms. The van der Waals surface area contributed by atoms with E-state index >= 15 is 0 Å². The average Bonchev–Trinajstić information content (AvgIpc) is 2.61. The number of amides is 2. The average molecular weight is 378 g/mol. The summed E-state index contributed by atoms with van der Waals surface area (Å²) in [6.45, 7) is 9.42. The maximum atomic E-state index is 12.1. The largest absolute Gasteiger partial charge is 0.347 e. The zero-order valence-electron chi connectivity index (χ0n) is 16.1. The second-order valence-electron chi connectivity index (χ2n) is 7.30. The number of rotatable bonds is 8. The highest BCUT2D eigenvalue weighted by Crippen LogP contribution is 2.19. The van der Waals surface area contributed by atoms with Gasteiger partial charge >= 0.3 is 0 Å². The molecular weight excluding hydrogens is 346 g/mol. The van der Waals surface area contributed by atoms with Gasteiger partial charge < -0.3 is 10.6 Å². The first-order valence-corrected chi connectivity index (χ1v) is 10.6. The van der Waals surface area contributed by atoms with E-state index in [-0.39, 0.29) is 18.4 Å². The van der Waals surface area contributed by atoms with Gasteiger partial charge in [-0.15, -0.1) is 0 Å². The third-order valence-corrected chi connectivity index (χ3v) is 5.41. The number of thioether (sulfide) groups is 1. The van der Waals surface area contributed by atoms with Crippen LogP contribution in [0.5, 0.6) is 0 Å². The van der Waals surface area contributed by atoms with E-state index < -0.39 is 0 Å². The summed E-state index contributed by atoms with van der Waals surface area (Å²) in [5, 5.41) is 5.57. The lowest BCUT2D eigenvalue weighted by molar-refractivity contribution is -0.124. The fourth-order valence-corrected chi connectivity index (χ4v) is 3.84. The Kier molecular flexibility index (Phi) is 8.45. The summed E-state index contributed by atoms with van der Waals surface area (Å²) in [4.78, 5) is 26.2. The van der Waals surface area contributed by atoms with Crippen LogP contribution in [-0.4, -0.2) is 47.9 Å². The zero-order chi connectivity index (χ0) is 18.9. The van der Waals surface area contributed by atoms with Crippen molar-refractivity contribution in [3.8, 4) is 0 Å². The SMILES string of the molecule is Cc1cc(CN2CCSCC2)ccc1NC(=O)CNC(=O)CCC(C)C. The van der Waals surface area contributed by atoms with E-state index in [2.05, 4.69) is 41.5 Å². The van der Waals surface area contributed by atoms with Crippen molar-refractivity contribution < 1.29 is 9.59 Å². The van der Waals surface area contributed by atoms with Gasteiger partial charge in [0, 0.05) is 43.2 Å². The molecule has 0 spiro atoms. The first-order valence-electron chi connectivity index (χ1n) is 9.40. The number of nitrogens with one attached hydrogen (secondary N) is 2. The normalized spacial score (nSPS) is 15.1. The summed E-state index contributed by atoms with van der Waals surface area (Å²) in [6.07, 6.45) is 1.30. The highest BCUT2D eigenvalue weighted by atomic mass is 32.2. The molecule has 1 aromatic rings. The molecule has 0 unspecified atom stereocenters. The second kappa shape index (κ2) is 10.6. The van der Waals surface area contributed by atoms with Gasteiger partial charge in [0.05, 0.1) is 6.54 Å². The number of anilines is 1. The van der Waals surface area contributed by atoms with Crippen LogP contribution in [0.1, 0.15) is 37.8 Å².